The second-order valence-electron chi connectivity index (χ2n) is 4.51. The van der Waals surface area contributed by atoms with Crippen molar-refractivity contribution in [3.8, 4) is 0 Å². The smallest absolute Gasteiger partial charge is 0.270 e. The Morgan fingerprint density at radius 3 is 2.53 bits per heavy atom. The molecule has 0 radical (unpaired) electrons. The van der Waals surface area contributed by atoms with Gasteiger partial charge in [-0.05, 0) is 19.9 Å². The average molecular weight is 309 g/mol. The Morgan fingerprint density at radius 1 is 1.47 bits per heavy atom. The highest BCUT2D eigenvalue weighted by Gasteiger charge is 2.24. The third-order valence-corrected chi connectivity index (χ3v) is 3.99. The van der Waals surface area contributed by atoms with Gasteiger partial charge in [0.1, 0.15) is 4.90 Å². The normalized spacial score (nSPS) is 12.4. The van der Waals surface area contributed by atoms with Crippen LogP contribution < -0.4 is 4.72 Å². The lowest BCUT2D eigenvalue weighted by molar-refractivity contribution is -0.385. The van der Waals surface area contributed by atoms with E-state index in [1.165, 1.54) is 13.8 Å². The van der Waals surface area contributed by atoms with Gasteiger partial charge in [-0.2, -0.15) is 0 Å². The minimum Gasteiger partial charge on any atom is -0.389 e. The molecule has 0 aliphatic carbocycles. The van der Waals surface area contributed by atoms with E-state index < -0.39 is 25.4 Å². The van der Waals surface area contributed by atoms with Crippen molar-refractivity contribution in [3.63, 3.8) is 0 Å². The molecule has 0 bridgehead atoms. The van der Waals surface area contributed by atoms with Crippen LogP contribution in [-0.4, -0.2) is 30.6 Å². The van der Waals surface area contributed by atoms with Crippen molar-refractivity contribution in [2.75, 3.05) is 6.54 Å². The predicted molar refractivity (Wildman–Crippen MR) is 69.6 cm³/mol. The van der Waals surface area contributed by atoms with Gasteiger partial charge in [0, 0.05) is 18.7 Å². The molecule has 0 saturated heterocycles. The van der Waals surface area contributed by atoms with Crippen LogP contribution in [0.4, 0.5) is 5.69 Å². The molecular formula is C10H13ClN2O5S. The lowest BCUT2D eigenvalue weighted by Crippen LogP contribution is -2.38. The molecule has 0 aromatic heterocycles. The van der Waals surface area contributed by atoms with Gasteiger partial charge < -0.3 is 5.11 Å². The van der Waals surface area contributed by atoms with Crippen LogP contribution in [0.2, 0.25) is 5.02 Å². The average Bonchev–Trinajstić information content (AvgIpc) is 2.25. The van der Waals surface area contributed by atoms with Crippen molar-refractivity contribution in [2.24, 2.45) is 0 Å². The maximum absolute atomic E-state index is 11.9. The van der Waals surface area contributed by atoms with Crippen LogP contribution in [0.3, 0.4) is 0 Å². The summed E-state index contributed by atoms with van der Waals surface area (Å²) in [6, 6.07) is 3.12. The molecule has 0 heterocycles. The highest BCUT2D eigenvalue weighted by molar-refractivity contribution is 7.89. The van der Waals surface area contributed by atoms with Gasteiger partial charge in [-0.3, -0.25) is 10.1 Å². The summed E-state index contributed by atoms with van der Waals surface area (Å²) in [5.74, 6) is 0. The number of hydrogen-bond acceptors (Lipinski definition) is 5. The standard InChI is InChI=1S/C10H13ClN2O5S/c1-10(2,14)6-12-19(17,18)9-5-7(13(15)16)3-4-8(9)11/h3-5,12,14H,6H2,1-2H3. The first-order valence-electron chi connectivity index (χ1n) is 5.19. The summed E-state index contributed by atoms with van der Waals surface area (Å²) < 4.78 is 26.0. The number of non-ortho nitro benzene ring substituents is 1. The zero-order valence-electron chi connectivity index (χ0n) is 10.3. The third-order valence-electron chi connectivity index (χ3n) is 2.11. The van der Waals surface area contributed by atoms with Crippen molar-refractivity contribution < 1.29 is 18.4 Å². The van der Waals surface area contributed by atoms with Gasteiger partial charge in [-0.15, -0.1) is 0 Å². The Labute approximate surface area is 115 Å². The largest absolute Gasteiger partial charge is 0.389 e. The molecule has 1 rings (SSSR count). The number of nitro benzene ring substituents is 1. The molecule has 0 amide bonds. The second kappa shape index (κ2) is 5.41. The number of nitrogens with zero attached hydrogens (tertiary/aromatic N) is 1. The maximum atomic E-state index is 11.9. The van der Waals surface area contributed by atoms with Crippen molar-refractivity contribution in [3.05, 3.63) is 33.3 Å². The number of benzene rings is 1. The summed E-state index contributed by atoms with van der Waals surface area (Å²) >= 11 is 5.73. The molecule has 0 aliphatic heterocycles. The summed E-state index contributed by atoms with van der Waals surface area (Å²) in [4.78, 5) is 9.50. The van der Waals surface area contributed by atoms with Crippen LogP contribution in [-0.2, 0) is 10.0 Å². The van der Waals surface area contributed by atoms with E-state index in [4.69, 9.17) is 11.6 Å². The lowest BCUT2D eigenvalue weighted by Gasteiger charge is -2.17. The molecular weight excluding hydrogens is 296 g/mol. The fourth-order valence-electron chi connectivity index (χ4n) is 1.16. The molecule has 0 saturated carbocycles. The van der Waals surface area contributed by atoms with Crippen LogP contribution in [0, 0.1) is 10.1 Å². The highest BCUT2D eigenvalue weighted by Crippen LogP contribution is 2.26. The molecule has 9 heteroatoms. The van der Waals surface area contributed by atoms with Crippen LogP contribution in [0.15, 0.2) is 23.1 Å². The van der Waals surface area contributed by atoms with Gasteiger partial charge in [0.25, 0.3) is 5.69 Å². The van der Waals surface area contributed by atoms with E-state index >= 15 is 0 Å². The second-order valence-corrected chi connectivity index (χ2v) is 6.65. The van der Waals surface area contributed by atoms with E-state index in [0.717, 1.165) is 18.2 Å². The SMILES string of the molecule is CC(C)(O)CNS(=O)(=O)c1cc([N+](=O)[O-])ccc1Cl. The Bertz CT molecular complexity index is 594. The van der Waals surface area contributed by atoms with Crippen molar-refractivity contribution in [1.82, 2.24) is 4.72 Å². The molecule has 2 N–H and O–H groups in total. The van der Waals surface area contributed by atoms with Gasteiger partial charge in [0.05, 0.1) is 15.5 Å². The highest BCUT2D eigenvalue weighted by atomic mass is 35.5. The monoisotopic (exact) mass is 308 g/mol. The van der Waals surface area contributed by atoms with Gasteiger partial charge >= 0.3 is 0 Å². The zero-order valence-corrected chi connectivity index (χ0v) is 11.8. The zero-order chi connectivity index (χ0) is 14.8. The van der Waals surface area contributed by atoms with E-state index in [9.17, 15) is 23.6 Å². The van der Waals surface area contributed by atoms with Crippen molar-refractivity contribution in [1.29, 1.82) is 0 Å². The molecule has 0 atom stereocenters. The predicted octanol–water partition coefficient (Wildman–Crippen LogP) is 1.30. The van der Waals surface area contributed by atoms with Gasteiger partial charge in [0.15, 0.2) is 0 Å². The minimum absolute atomic E-state index is 0.131. The number of nitro groups is 1. The molecule has 19 heavy (non-hydrogen) atoms. The number of sulfonamides is 1. The van der Waals surface area contributed by atoms with E-state index in [1.807, 2.05) is 0 Å². The van der Waals surface area contributed by atoms with Gasteiger partial charge in [-0.25, -0.2) is 13.1 Å². The Morgan fingerprint density at radius 2 is 2.05 bits per heavy atom. The topological polar surface area (TPSA) is 110 Å². The first-order valence-corrected chi connectivity index (χ1v) is 7.05. The molecule has 0 unspecified atom stereocenters. The van der Waals surface area contributed by atoms with Crippen LogP contribution in [0.25, 0.3) is 0 Å². The van der Waals surface area contributed by atoms with Gasteiger partial charge in [-0.1, -0.05) is 11.6 Å². The molecule has 0 fully saturated rings. The number of rotatable bonds is 5. The number of hydrogen-bond donors (Lipinski definition) is 2. The van der Waals surface area contributed by atoms with Gasteiger partial charge in [0.2, 0.25) is 10.0 Å². The molecule has 7 nitrogen and oxygen atoms in total. The fourth-order valence-corrected chi connectivity index (χ4v) is 2.88. The molecule has 106 valence electrons. The molecule has 0 aliphatic rings. The summed E-state index contributed by atoms with van der Waals surface area (Å²) in [5.41, 5.74) is -1.63. The lowest BCUT2D eigenvalue weighted by atomic mass is 10.1. The van der Waals surface area contributed by atoms with E-state index in [2.05, 4.69) is 4.72 Å². The fraction of sp³-hybridized carbons (Fsp3) is 0.400. The molecule has 1 aromatic carbocycles. The van der Waals surface area contributed by atoms with E-state index in [-0.39, 0.29) is 17.3 Å². The Kier molecular flexibility index (Phi) is 4.51. The number of aliphatic hydroxyl groups is 1. The number of halogens is 1. The maximum Gasteiger partial charge on any atom is 0.270 e. The summed E-state index contributed by atoms with van der Waals surface area (Å²) in [6.07, 6.45) is 0. The summed E-state index contributed by atoms with van der Waals surface area (Å²) in [5, 5.41) is 20.0. The third kappa shape index (κ3) is 4.43. The number of nitrogens with one attached hydrogen (secondary N) is 1. The van der Waals surface area contributed by atoms with Crippen LogP contribution in [0.1, 0.15) is 13.8 Å². The summed E-state index contributed by atoms with van der Waals surface area (Å²) in [7, 11) is -4.03. The minimum atomic E-state index is -4.03. The Balaban J connectivity index is 3.14. The first kappa shape index (κ1) is 15.8. The van der Waals surface area contributed by atoms with E-state index in [1.54, 1.807) is 0 Å². The van der Waals surface area contributed by atoms with Crippen LogP contribution >= 0.6 is 11.6 Å². The van der Waals surface area contributed by atoms with Crippen LogP contribution in [0.5, 0.6) is 0 Å². The van der Waals surface area contributed by atoms with Crippen molar-refractivity contribution >= 4 is 27.3 Å². The first-order chi connectivity index (χ1) is 8.53. The molecule has 0 spiro atoms. The quantitative estimate of drug-likeness (QED) is 0.629. The Hall–Kier alpha value is -1.22. The van der Waals surface area contributed by atoms with Crippen molar-refractivity contribution in [2.45, 2.75) is 24.3 Å². The van der Waals surface area contributed by atoms with E-state index in [0.29, 0.717) is 0 Å². The molecule has 1 aromatic rings. The summed E-state index contributed by atoms with van der Waals surface area (Å²) in [6.45, 7) is 2.60.